The Bertz CT molecular complexity index is 140. The maximum Gasteiger partial charge on any atom is 0.105 e. The van der Waals surface area contributed by atoms with Gasteiger partial charge in [0, 0.05) is 6.04 Å². The summed E-state index contributed by atoms with van der Waals surface area (Å²) in [6.07, 6.45) is 2.31. The van der Waals surface area contributed by atoms with Crippen LogP contribution in [0, 0.1) is 0 Å². The van der Waals surface area contributed by atoms with E-state index < -0.39 is 11.7 Å². The van der Waals surface area contributed by atoms with E-state index in [1.807, 2.05) is 6.92 Å². The molecule has 0 amide bonds. The first-order valence-corrected chi connectivity index (χ1v) is 4.27. The molecule has 0 aromatic carbocycles. The molecule has 1 aliphatic carbocycles. The molecule has 0 radical (unpaired) electrons. The van der Waals surface area contributed by atoms with Crippen LogP contribution in [-0.4, -0.2) is 28.0 Å². The van der Waals surface area contributed by atoms with Crippen LogP contribution >= 0.6 is 0 Å². The lowest BCUT2D eigenvalue weighted by Gasteiger charge is -2.32. The third kappa shape index (κ3) is 1.41. The van der Waals surface area contributed by atoms with E-state index in [9.17, 15) is 10.2 Å². The van der Waals surface area contributed by atoms with Crippen molar-refractivity contribution in [1.29, 1.82) is 0 Å². The highest BCUT2D eigenvalue weighted by Gasteiger charge is 2.44. The van der Waals surface area contributed by atoms with Crippen LogP contribution in [0.1, 0.15) is 32.6 Å². The molecule has 3 nitrogen and oxygen atoms in total. The topological polar surface area (TPSA) is 66.5 Å². The summed E-state index contributed by atoms with van der Waals surface area (Å²) in [7, 11) is 0. The largest absolute Gasteiger partial charge is 0.390 e. The molecule has 0 heterocycles. The van der Waals surface area contributed by atoms with E-state index >= 15 is 0 Å². The van der Waals surface area contributed by atoms with Gasteiger partial charge in [-0.25, -0.2) is 0 Å². The number of rotatable bonds is 2. The van der Waals surface area contributed by atoms with Crippen LogP contribution in [0.3, 0.4) is 0 Å². The molecule has 0 spiro atoms. The van der Waals surface area contributed by atoms with Crippen LogP contribution in [0.15, 0.2) is 0 Å². The third-order valence-electron chi connectivity index (χ3n) is 2.71. The molecule has 0 aromatic heterocycles. The fraction of sp³-hybridized carbons (Fsp3) is 1.00. The number of hydrogen-bond acceptors (Lipinski definition) is 3. The van der Waals surface area contributed by atoms with E-state index in [0.29, 0.717) is 19.3 Å². The van der Waals surface area contributed by atoms with E-state index in [4.69, 9.17) is 5.73 Å². The Balaban J connectivity index is 2.64. The molecule has 66 valence electrons. The lowest BCUT2D eigenvalue weighted by atomic mass is 9.89. The molecule has 0 bridgehead atoms. The van der Waals surface area contributed by atoms with Crippen LogP contribution < -0.4 is 5.73 Å². The first kappa shape index (κ1) is 8.97. The van der Waals surface area contributed by atoms with E-state index in [0.717, 1.165) is 6.42 Å². The lowest BCUT2D eigenvalue weighted by molar-refractivity contribution is -0.0707. The van der Waals surface area contributed by atoms with Gasteiger partial charge in [-0.15, -0.1) is 0 Å². The van der Waals surface area contributed by atoms with E-state index in [1.54, 1.807) is 0 Å². The van der Waals surface area contributed by atoms with Gasteiger partial charge in [-0.3, -0.25) is 0 Å². The predicted molar refractivity (Wildman–Crippen MR) is 43.1 cm³/mol. The van der Waals surface area contributed by atoms with E-state index in [-0.39, 0.29) is 6.04 Å². The van der Waals surface area contributed by atoms with Gasteiger partial charge in [-0.2, -0.15) is 0 Å². The molecule has 3 unspecified atom stereocenters. The van der Waals surface area contributed by atoms with Gasteiger partial charge in [-0.05, 0) is 25.7 Å². The van der Waals surface area contributed by atoms with Gasteiger partial charge >= 0.3 is 0 Å². The first-order chi connectivity index (χ1) is 5.11. The molecule has 0 saturated heterocycles. The second kappa shape index (κ2) is 3.09. The molecule has 0 aliphatic heterocycles. The summed E-state index contributed by atoms with van der Waals surface area (Å²) in [4.78, 5) is 0. The van der Waals surface area contributed by atoms with Crippen molar-refractivity contribution in [1.82, 2.24) is 0 Å². The van der Waals surface area contributed by atoms with Gasteiger partial charge in [0.05, 0.1) is 6.10 Å². The van der Waals surface area contributed by atoms with Gasteiger partial charge in [0.1, 0.15) is 5.60 Å². The average Bonchev–Trinajstić information content (AvgIpc) is 2.32. The van der Waals surface area contributed by atoms with Crippen molar-refractivity contribution in [2.24, 2.45) is 5.73 Å². The van der Waals surface area contributed by atoms with Crippen LogP contribution in [0.4, 0.5) is 0 Å². The Labute approximate surface area is 67.2 Å². The van der Waals surface area contributed by atoms with E-state index in [1.165, 1.54) is 0 Å². The van der Waals surface area contributed by atoms with E-state index in [2.05, 4.69) is 0 Å². The zero-order chi connectivity index (χ0) is 8.48. The smallest absolute Gasteiger partial charge is 0.105 e. The standard InChI is InChI=1S/C8H17NO2/c1-2-6(9)8(11)5-3-4-7(8)10/h6-7,10-11H,2-5,9H2,1H3. The molecule has 4 N–H and O–H groups in total. The molecule has 3 atom stereocenters. The molecule has 1 aliphatic rings. The number of aliphatic hydroxyl groups is 2. The first-order valence-electron chi connectivity index (χ1n) is 4.27. The Morgan fingerprint density at radius 3 is 2.73 bits per heavy atom. The summed E-state index contributed by atoms with van der Waals surface area (Å²) in [5.74, 6) is 0. The molecule has 3 heteroatoms. The maximum atomic E-state index is 9.85. The maximum absolute atomic E-state index is 9.85. The van der Waals surface area contributed by atoms with Crippen LogP contribution in [0.5, 0.6) is 0 Å². The molecular formula is C8H17NO2. The van der Waals surface area contributed by atoms with Crippen molar-refractivity contribution >= 4 is 0 Å². The summed E-state index contributed by atoms with van der Waals surface area (Å²) in [5, 5.41) is 19.3. The molecule has 11 heavy (non-hydrogen) atoms. The quantitative estimate of drug-likeness (QED) is 0.531. The van der Waals surface area contributed by atoms with Crippen LogP contribution in [0.2, 0.25) is 0 Å². The number of nitrogens with two attached hydrogens (primary N) is 1. The Morgan fingerprint density at radius 2 is 2.36 bits per heavy atom. The molecular weight excluding hydrogens is 142 g/mol. The fourth-order valence-corrected chi connectivity index (χ4v) is 1.78. The highest BCUT2D eigenvalue weighted by atomic mass is 16.3. The second-order valence-corrected chi connectivity index (χ2v) is 3.41. The summed E-state index contributed by atoms with van der Waals surface area (Å²) in [6, 6.07) is -0.278. The van der Waals surface area contributed by atoms with Gasteiger partial charge in [0.2, 0.25) is 0 Å². The fourth-order valence-electron chi connectivity index (χ4n) is 1.78. The van der Waals surface area contributed by atoms with Crippen molar-refractivity contribution in [2.45, 2.75) is 50.4 Å². The van der Waals surface area contributed by atoms with Gasteiger partial charge in [0.15, 0.2) is 0 Å². The summed E-state index contributed by atoms with van der Waals surface area (Å²) >= 11 is 0. The lowest BCUT2D eigenvalue weighted by Crippen LogP contribution is -2.52. The zero-order valence-corrected chi connectivity index (χ0v) is 6.95. The van der Waals surface area contributed by atoms with Crippen molar-refractivity contribution < 1.29 is 10.2 Å². The summed E-state index contributed by atoms with van der Waals surface area (Å²) in [6.45, 7) is 1.92. The van der Waals surface area contributed by atoms with Crippen LogP contribution in [0.25, 0.3) is 0 Å². The molecule has 1 fully saturated rings. The minimum atomic E-state index is -1.01. The molecule has 1 rings (SSSR count). The van der Waals surface area contributed by atoms with Crippen molar-refractivity contribution in [2.75, 3.05) is 0 Å². The Kier molecular flexibility index (Phi) is 2.52. The zero-order valence-electron chi connectivity index (χ0n) is 6.95. The van der Waals surface area contributed by atoms with Gasteiger partial charge < -0.3 is 15.9 Å². The van der Waals surface area contributed by atoms with Crippen molar-refractivity contribution in [3.8, 4) is 0 Å². The minimum absolute atomic E-state index is 0.278. The third-order valence-corrected chi connectivity index (χ3v) is 2.71. The normalized spacial score (nSPS) is 40.9. The number of hydrogen-bond donors (Lipinski definition) is 3. The summed E-state index contributed by atoms with van der Waals surface area (Å²) < 4.78 is 0. The predicted octanol–water partition coefficient (Wildman–Crippen LogP) is -0.000400. The summed E-state index contributed by atoms with van der Waals surface area (Å²) in [5.41, 5.74) is 4.69. The highest BCUT2D eigenvalue weighted by Crippen LogP contribution is 2.32. The molecule has 0 aromatic rings. The Morgan fingerprint density at radius 1 is 1.73 bits per heavy atom. The Hall–Kier alpha value is -0.120. The monoisotopic (exact) mass is 159 g/mol. The highest BCUT2D eigenvalue weighted by molar-refractivity contribution is 4.99. The SMILES string of the molecule is CCC(N)C1(O)CCCC1O. The van der Waals surface area contributed by atoms with Gasteiger partial charge in [0.25, 0.3) is 0 Å². The van der Waals surface area contributed by atoms with Crippen molar-refractivity contribution in [3.05, 3.63) is 0 Å². The average molecular weight is 159 g/mol. The number of aliphatic hydroxyl groups excluding tert-OH is 1. The van der Waals surface area contributed by atoms with Gasteiger partial charge in [-0.1, -0.05) is 6.92 Å². The van der Waals surface area contributed by atoms with Crippen LogP contribution in [-0.2, 0) is 0 Å². The second-order valence-electron chi connectivity index (χ2n) is 3.41. The minimum Gasteiger partial charge on any atom is -0.390 e. The van der Waals surface area contributed by atoms with Crippen molar-refractivity contribution in [3.63, 3.8) is 0 Å². The molecule has 1 saturated carbocycles.